The van der Waals surface area contributed by atoms with Gasteiger partial charge in [-0.05, 0) is 17.5 Å². The summed E-state index contributed by atoms with van der Waals surface area (Å²) in [5, 5.41) is 0.794. The Morgan fingerprint density at radius 1 is 1.07 bits per heavy atom. The van der Waals surface area contributed by atoms with Crippen LogP contribution < -0.4 is 5.73 Å². The van der Waals surface area contributed by atoms with Crippen molar-refractivity contribution in [1.82, 2.24) is 0 Å². The van der Waals surface area contributed by atoms with Crippen LogP contribution in [0.15, 0.2) is 30.8 Å². The van der Waals surface area contributed by atoms with Crippen LogP contribution in [0.3, 0.4) is 0 Å². The van der Waals surface area contributed by atoms with Gasteiger partial charge < -0.3 is 5.73 Å². The Hall–Kier alpha value is -1.90. The summed E-state index contributed by atoms with van der Waals surface area (Å²) in [6.07, 6.45) is 1.37. The van der Waals surface area contributed by atoms with Crippen LogP contribution in [0, 0.1) is 11.6 Å². The van der Waals surface area contributed by atoms with Crippen LogP contribution >= 0.6 is 0 Å². The normalized spacial score (nSPS) is 10.5. The van der Waals surface area contributed by atoms with Gasteiger partial charge in [-0.1, -0.05) is 18.7 Å². The minimum Gasteiger partial charge on any atom is -0.399 e. The van der Waals surface area contributed by atoms with Gasteiger partial charge in [0.2, 0.25) is 0 Å². The van der Waals surface area contributed by atoms with E-state index in [0.717, 1.165) is 6.07 Å². The molecule has 0 unspecified atom stereocenters. The molecule has 2 rings (SSSR count). The van der Waals surface area contributed by atoms with E-state index in [1.807, 2.05) is 0 Å². The van der Waals surface area contributed by atoms with E-state index in [1.165, 1.54) is 12.1 Å². The first-order valence-electron chi connectivity index (χ1n) is 4.43. The molecule has 1 nitrogen and oxygen atoms in total. The first-order chi connectivity index (χ1) is 7.13. The van der Waals surface area contributed by atoms with Gasteiger partial charge in [0.1, 0.15) is 11.6 Å². The Labute approximate surface area is 85.8 Å². The first kappa shape index (κ1) is 9.65. The number of nitrogens with two attached hydrogens (primary N) is 1. The SMILES string of the molecule is C=Cc1c(F)cc(F)c2cc(N)ccc12. The van der Waals surface area contributed by atoms with Crippen LogP contribution in [-0.4, -0.2) is 0 Å². The van der Waals surface area contributed by atoms with Crippen LogP contribution in [0.2, 0.25) is 0 Å². The number of nitrogen functional groups attached to an aromatic ring is 1. The Morgan fingerprint density at radius 2 is 1.80 bits per heavy atom. The van der Waals surface area contributed by atoms with Crippen LogP contribution in [0.5, 0.6) is 0 Å². The molecule has 0 fully saturated rings. The van der Waals surface area contributed by atoms with Gasteiger partial charge in [-0.2, -0.15) is 0 Å². The molecule has 2 aromatic rings. The number of hydrogen-bond donors (Lipinski definition) is 1. The summed E-state index contributed by atoms with van der Waals surface area (Å²) in [5.74, 6) is -1.22. The first-order valence-corrected chi connectivity index (χ1v) is 4.43. The maximum absolute atomic E-state index is 13.4. The fraction of sp³-hybridized carbons (Fsp3) is 0. The minimum absolute atomic E-state index is 0.298. The van der Waals surface area contributed by atoms with Crippen LogP contribution in [0.4, 0.5) is 14.5 Å². The maximum Gasteiger partial charge on any atom is 0.134 e. The average molecular weight is 205 g/mol. The van der Waals surface area contributed by atoms with Gasteiger partial charge in [0.05, 0.1) is 0 Å². The second-order valence-electron chi connectivity index (χ2n) is 3.26. The third-order valence-corrected chi connectivity index (χ3v) is 2.31. The Bertz CT molecular complexity index is 547. The molecule has 3 heteroatoms. The lowest BCUT2D eigenvalue weighted by Gasteiger charge is -2.06. The molecule has 0 radical (unpaired) electrons. The Morgan fingerprint density at radius 3 is 2.47 bits per heavy atom. The lowest BCUT2D eigenvalue weighted by Crippen LogP contribution is -1.91. The van der Waals surface area contributed by atoms with Gasteiger partial charge in [-0.25, -0.2) is 8.78 Å². The zero-order chi connectivity index (χ0) is 11.0. The molecule has 76 valence electrons. The fourth-order valence-corrected chi connectivity index (χ4v) is 1.60. The highest BCUT2D eigenvalue weighted by Gasteiger charge is 2.09. The molecule has 0 bridgehead atoms. The van der Waals surface area contributed by atoms with Crippen molar-refractivity contribution < 1.29 is 8.78 Å². The summed E-state index contributed by atoms with van der Waals surface area (Å²) in [7, 11) is 0. The van der Waals surface area contributed by atoms with Crippen molar-refractivity contribution in [3.63, 3.8) is 0 Å². The summed E-state index contributed by atoms with van der Waals surface area (Å²) in [4.78, 5) is 0. The highest BCUT2D eigenvalue weighted by molar-refractivity contribution is 5.92. The van der Waals surface area contributed by atoms with Crippen molar-refractivity contribution in [2.45, 2.75) is 0 Å². The quantitative estimate of drug-likeness (QED) is 0.710. The van der Waals surface area contributed by atoms with Crippen molar-refractivity contribution in [3.8, 4) is 0 Å². The highest BCUT2D eigenvalue weighted by atomic mass is 19.1. The maximum atomic E-state index is 13.4. The smallest absolute Gasteiger partial charge is 0.134 e. The predicted molar refractivity (Wildman–Crippen MR) is 58.4 cm³/mol. The second-order valence-corrected chi connectivity index (χ2v) is 3.26. The average Bonchev–Trinajstić information content (AvgIpc) is 2.19. The molecule has 0 amide bonds. The van der Waals surface area contributed by atoms with E-state index in [9.17, 15) is 8.78 Å². The van der Waals surface area contributed by atoms with E-state index in [-0.39, 0.29) is 0 Å². The van der Waals surface area contributed by atoms with Crippen molar-refractivity contribution in [3.05, 3.63) is 48.0 Å². The van der Waals surface area contributed by atoms with E-state index in [1.54, 1.807) is 12.1 Å². The molecule has 15 heavy (non-hydrogen) atoms. The minimum atomic E-state index is -0.611. The second kappa shape index (κ2) is 3.35. The van der Waals surface area contributed by atoms with Gasteiger partial charge in [-0.15, -0.1) is 0 Å². The van der Waals surface area contributed by atoms with Crippen LogP contribution in [0.1, 0.15) is 5.56 Å². The summed E-state index contributed by atoms with van der Waals surface area (Å²) < 4.78 is 26.8. The van der Waals surface area contributed by atoms with Crippen molar-refractivity contribution in [2.75, 3.05) is 5.73 Å². The number of hydrogen-bond acceptors (Lipinski definition) is 1. The number of fused-ring (bicyclic) bond motifs is 1. The summed E-state index contributed by atoms with van der Waals surface area (Å²) in [6.45, 7) is 3.50. The molecule has 0 saturated carbocycles. The number of anilines is 1. The lowest BCUT2D eigenvalue weighted by molar-refractivity contribution is 0.590. The fourth-order valence-electron chi connectivity index (χ4n) is 1.60. The summed E-state index contributed by atoms with van der Waals surface area (Å²) >= 11 is 0. The molecule has 2 N–H and O–H groups in total. The lowest BCUT2D eigenvalue weighted by atomic mass is 10.0. The standard InChI is InChI=1S/C12H9F2N/c1-2-8-9-4-3-7(15)5-10(9)12(14)6-11(8)13/h2-6H,1,15H2. The molecular formula is C12H9F2N. The van der Waals surface area contributed by atoms with E-state index < -0.39 is 11.6 Å². The number of benzene rings is 2. The van der Waals surface area contributed by atoms with Crippen molar-refractivity contribution in [2.24, 2.45) is 0 Å². The van der Waals surface area contributed by atoms with Crippen molar-refractivity contribution >= 4 is 22.5 Å². The molecule has 0 spiro atoms. The van der Waals surface area contributed by atoms with Gasteiger partial charge in [-0.3, -0.25) is 0 Å². The van der Waals surface area contributed by atoms with Crippen LogP contribution in [0.25, 0.3) is 16.8 Å². The summed E-state index contributed by atoms with van der Waals surface area (Å²) in [6, 6.07) is 5.53. The van der Waals surface area contributed by atoms with Gasteiger partial charge in [0.15, 0.2) is 0 Å². The van der Waals surface area contributed by atoms with Crippen LogP contribution in [-0.2, 0) is 0 Å². The molecule has 0 aliphatic carbocycles. The third-order valence-electron chi connectivity index (χ3n) is 2.31. The largest absolute Gasteiger partial charge is 0.399 e. The highest BCUT2D eigenvalue weighted by Crippen LogP contribution is 2.27. The van der Waals surface area contributed by atoms with E-state index in [2.05, 4.69) is 6.58 Å². The molecule has 0 heterocycles. The van der Waals surface area contributed by atoms with E-state index >= 15 is 0 Å². The molecular weight excluding hydrogens is 196 g/mol. The van der Waals surface area contributed by atoms with E-state index in [4.69, 9.17) is 5.73 Å². The Kier molecular flexibility index (Phi) is 2.15. The summed E-state index contributed by atoms with van der Waals surface area (Å²) in [5.41, 5.74) is 6.28. The molecule has 0 aliphatic rings. The van der Waals surface area contributed by atoms with Crippen molar-refractivity contribution in [1.29, 1.82) is 0 Å². The number of rotatable bonds is 1. The zero-order valence-corrected chi connectivity index (χ0v) is 7.93. The monoisotopic (exact) mass is 205 g/mol. The van der Waals surface area contributed by atoms with E-state index in [0.29, 0.717) is 22.0 Å². The third kappa shape index (κ3) is 1.46. The van der Waals surface area contributed by atoms with Gasteiger partial charge in [0.25, 0.3) is 0 Å². The molecule has 0 saturated heterocycles. The molecule has 0 atom stereocenters. The number of halogens is 2. The van der Waals surface area contributed by atoms with Gasteiger partial charge in [0, 0.05) is 22.7 Å². The Balaban J connectivity index is 2.96. The molecule has 0 aromatic heterocycles. The molecule has 0 aliphatic heterocycles. The topological polar surface area (TPSA) is 26.0 Å². The molecule has 2 aromatic carbocycles. The zero-order valence-electron chi connectivity index (χ0n) is 7.93. The van der Waals surface area contributed by atoms with Gasteiger partial charge >= 0.3 is 0 Å². The predicted octanol–water partition coefficient (Wildman–Crippen LogP) is 3.34.